The van der Waals surface area contributed by atoms with Gasteiger partial charge in [0.15, 0.2) is 0 Å². The van der Waals surface area contributed by atoms with Crippen molar-refractivity contribution in [1.82, 2.24) is 14.3 Å². The Bertz CT molecular complexity index is 735. The fourth-order valence-electron chi connectivity index (χ4n) is 1.93. The van der Waals surface area contributed by atoms with Crippen molar-refractivity contribution in [3.63, 3.8) is 0 Å². The predicted octanol–water partition coefficient (Wildman–Crippen LogP) is 2.65. The van der Waals surface area contributed by atoms with E-state index in [0.29, 0.717) is 12.2 Å². The standard InChI is InChI=1S/C14H16ClN3O2S/c1-3-18(10-12-6-4-5-11(2)17-12)21(19,20)14-9-16-8-7-13(14)15/h4-9H,3,10H2,1-2H3. The number of nitrogens with zero attached hydrogens (tertiary/aromatic N) is 3. The molecule has 0 amide bonds. The highest BCUT2D eigenvalue weighted by atomic mass is 35.5. The second-order valence-electron chi connectivity index (χ2n) is 4.51. The average molecular weight is 326 g/mol. The fraction of sp³-hybridized carbons (Fsp3) is 0.286. The maximum absolute atomic E-state index is 12.6. The molecule has 2 rings (SSSR count). The first-order valence-electron chi connectivity index (χ1n) is 6.47. The summed E-state index contributed by atoms with van der Waals surface area (Å²) in [5.74, 6) is 0. The summed E-state index contributed by atoms with van der Waals surface area (Å²) in [6, 6.07) is 6.99. The van der Waals surface area contributed by atoms with Gasteiger partial charge >= 0.3 is 0 Å². The minimum atomic E-state index is -3.69. The maximum atomic E-state index is 12.6. The summed E-state index contributed by atoms with van der Waals surface area (Å²) in [6.45, 7) is 4.17. The molecular weight excluding hydrogens is 310 g/mol. The Morgan fingerprint density at radius 3 is 2.67 bits per heavy atom. The van der Waals surface area contributed by atoms with Crippen molar-refractivity contribution in [2.75, 3.05) is 6.54 Å². The van der Waals surface area contributed by atoms with Crippen LogP contribution in [0.2, 0.25) is 5.02 Å². The Balaban J connectivity index is 2.35. The van der Waals surface area contributed by atoms with Crippen LogP contribution in [0.5, 0.6) is 0 Å². The van der Waals surface area contributed by atoms with E-state index in [4.69, 9.17) is 11.6 Å². The summed E-state index contributed by atoms with van der Waals surface area (Å²) < 4.78 is 26.6. The van der Waals surface area contributed by atoms with Crippen molar-refractivity contribution in [3.05, 3.63) is 53.1 Å². The third kappa shape index (κ3) is 3.58. The topological polar surface area (TPSA) is 63.2 Å². The first-order chi connectivity index (χ1) is 9.95. The van der Waals surface area contributed by atoms with Crippen LogP contribution in [0.4, 0.5) is 0 Å². The third-order valence-corrected chi connectivity index (χ3v) is 5.38. The highest BCUT2D eigenvalue weighted by molar-refractivity contribution is 7.89. The van der Waals surface area contributed by atoms with Gasteiger partial charge in [-0.15, -0.1) is 0 Å². The number of sulfonamides is 1. The van der Waals surface area contributed by atoms with Crippen molar-refractivity contribution in [1.29, 1.82) is 0 Å². The number of halogens is 1. The maximum Gasteiger partial charge on any atom is 0.246 e. The molecule has 21 heavy (non-hydrogen) atoms. The first-order valence-corrected chi connectivity index (χ1v) is 8.29. The second kappa shape index (κ2) is 6.51. The van der Waals surface area contributed by atoms with Gasteiger partial charge in [-0.05, 0) is 25.1 Å². The SMILES string of the molecule is CCN(Cc1cccc(C)n1)S(=O)(=O)c1cnccc1Cl. The summed E-state index contributed by atoms with van der Waals surface area (Å²) >= 11 is 5.98. The second-order valence-corrected chi connectivity index (χ2v) is 6.82. The zero-order chi connectivity index (χ0) is 15.5. The van der Waals surface area contributed by atoms with Crippen molar-refractivity contribution in [2.24, 2.45) is 0 Å². The molecular formula is C14H16ClN3O2S. The molecule has 2 heterocycles. The van der Waals surface area contributed by atoms with Gasteiger partial charge in [-0.1, -0.05) is 24.6 Å². The van der Waals surface area contributed by atoms with Crippen LogP contribution < -0.4 is 0 Å². The molecule has 0 aliphatic rings. The van der Waals surface area contributed by atoms with Crippen LogP contribution in [0.1, 0.15) is 18.3 Å². The summed E-state index contributed by atoms with van der Waals surface area (Å²) in [5.41, 5.74) is 1.54. The highest BCUT2D eigenvalue weighted by Crippen LogP contribution is 2.24. The Kier molecular flexibility index (Phi) is 4.92. The number of pyridine rings is 2. The van der Waals surface area contributed by atoms with Gasteiger partial charge in [0.1, 0.15) is 4.90 Å². The molecule has 0 bridgehead atoms. The van der Waals surface area contributed by atoms with Crippen molar-refractivity contribution < 1.29 is 8.42 Å². The van der Waals surface area contributed by atoms with Crippen LogP contribution in [0.25, 0.3) is 0 Å². The van der Waals surface area contributed by atoms with Crippen LogP contribution in [-0.4, -0.2) is 29.2 Å². The van der Waals surface area contributed by atoms with Gasteiger partial charge in [0, 0.05) is 24.6 Å². The van der Waals surface area contributed by atoms with Crippen LogP contribution >= 0.6 is 11.6 Å². The third-order valence-electron chi connectivity index (χ3n) is 2.99. The summed E-state index contributed by atoms with van der Waals surface area (Å²) in [5, 5.41) is 0.167. The largest absolute Gasteiger partial charge is 0.263 e. The van der Waals surface area contributed by atoms with Crippen LogP contribution in [0, 0.1) is 6.92 Å². The van der Waals surface area contributed by atoms with E-state index in [1.54, 1.807) is 13.0 Å². The normalized spacial score (nSPS) is 11.8. The number of hydrogen-bond acceptors (Lipinski definition) is 4. The number of aryl methyl sites for hydroxylation is 1. The van der Waals surface area contributed by atoms with Gasteiger partial charge in [-0.3, -0.25) is 9.97 Å². The van der Waals surface area contributed by atoms with E-state index < -0.39 is 10.0 Å². The quantitative estimate of drug-likeness (QED) is 0.847. The van der Waals surface area contributed by atoms with E-state index in [1.807, 2.05) is 19.1 Å². The smallest absolute Gasteiger partial charge is 0.246 e. The van der Waals surface area contributed by atoms with Gasteiger partial charge in [-0.2, -0.15) is 4.31 Å². The van der Waals surface area contributed by atoms with Gasteiger partial charge in [-0.25, -0.2) is 8.42 Å². The van der Waals surface area contributed by atoms with Gasteiger partial charge in [0.2, 0.25) is 10.0 Å². The molecule has 0 aliphatic carbocycles. The molecule has 0 N–H and O–H groups in total. The molecule has 0 fully saturated rings. The van der Waals surface area contributed by atoms with E-state index in [2.05, 4.69) is 9.97 Å². The van der Waals surface area contributed by atoms with Crippen molar-refractivity contribution >= 4 is 21.6 Å². The Labute approximate surface area is 129 Å². The minimum absolute atomic E-state index is 0.0150. The molecule has 0 saturated carbocycles. The zero-order valence-electron chi connectivity index (χ0n) is 11.8. The molecule has 0 unspecified atom stereocenters. The summed E-state index contributed by atoms with van der Waals surface area (Å²) in [7, 11) is -3.69. The lowest BCUT2D eigenvalue weighted by atomic mass is 10.3. The highest BCUT2D eigenvalue weighted by Gasteiger charge is 2.26. The fourth-order valence-corrected chi connectivity index (χ4v) is 3.75. The van der Waals surface area contributed by atoms with Crippen LogP contribution in [-0.2, 0) is 16.6 Å². The van der Waals surface area contributed by atoms with E-state index in [1.165, 1.54) is 22.8 Å². The zero-order valence-corrected chi connectivity index (χ0v) is 13.4. The lowest BCUT2D eigenvalue weighted by Crippen LogP contribution is -2.31. The molecule has 0 aromatic carbocycles. The average Bonchev–Trinajstić information content (AvgIpc) is 2.45. The molecule has 2 aromatic rings. The van der Waals surface area contributed by atoms with Gasteiger partial charge < -0.3 is 0 Å². The molecule has 7 heteroatoms. The molecule has 0 saturated heterocycles. The molecule has 0 radical (unpaired) electrons. The first kappa shape index (κ1) is 15.9. The van der Waals surface area contributed by atoms with Crippen molar-refractivity contribution in [3.8, 4) is 0 Å². The predicted molar refractivity (Wildman–Crippen MR) is 81.5 cm³/mol. The van der Waals surface area contributed by atoms with Gasteiger partial charge in [0.05, 0.1) is 17.3 Å². The van der Waals surface area contributed by atoms with E-state index >= 15 is 0 Å². The molecule has 2 aromatic heterocycles. The summed E-state index contributed by atoms with van der Waals surface area (Å²) in [6.07, 6.45) is 2.73. The molecule has 0 atom stereocenters. The minimum Gasteiger partial charge on any atom is -0.263 e. The Morgan fingerprint density at radius 1 is 1.29 bits per heavy atom. The molecule has 5 nitrogen and oxygen atoms in total. The lowest BCUT2D eigenvalue weighted by molar-refractivity contribution is 0.418. The number of aromatic nitrogens is 2. The Hall–Kier alpha value is -1.50. The molecule has 0 spiro atoms. The Morgan fingerprint density at radius 2 is 2.05 bits per heavy atom. The van der Waals surface area contributed by atoms with E-state index in [-0.39, 0.29) is 16.5 Å². The van der Waals surface area contributed by atoms with E-state index in [0.717, 1.165) is 5.69 Å². The van der Waals surface area contributed by atoms with Crippen LogP contribution in [0.15, 0.2) is 41.6 Å². The van der Waals surface area contributed by atoms with Gasteiger partial charge in [0.25, 0.3) is 0 Å². The van der Waals surface area contributed by atoms with Crippen LogP contribution in [0.3, 0.4) is 0 Å². The van der Waals surface area contributed by atoms with E-state index in [9.17, 15) is 8.42 Å². The lowest BCUT2D eigenvalue weighted by Gasteiger charge is -2.20. The van der Waals surface area contributed by atoms with Crippen molar-refractivity contribution in [2.45, 2.75) is 25.3 Å². The number of hydrogen-bond donors (Lipinski definition) is 0. The molecule has 0 aliphatic heterocycles. The number of rotatable bonds is 5. The molecule has 112 valence electrons. The summed E-state index contributed by atoms with van der Waals surface area (Å²) in [4.78, 5) is 8.19. The monoisotopic (exact) mass is 325 g/mol.